The second-order valence-electron chi connectivity index (χ2n) is 3.91. The van der Waals surface area contributed by atoms with Crippen LogP contribution in [0.5, 0.6) is 0 Å². The number of halogens is 1. The number of nitrogens with one attached hydrogen (secondary N) is 1. The summed E-state index contributed by atoms with van der Waals surface area (Å²) in [5.74, 6) is 0.578. The van der Waals surface area contributed by atoms with Crippen LogP contribution in [0.2, 0.25) is 5.02 Å². The lowest BCUT2D eigenvalue weighted by Gasteiger charge is -2.20. The Morgan fingerprint density at radius 1 is 1.67 bits per heavy atom. The first kappa shape index (κ1) is 10.7. The van der Waals surface area contributed by atoms with Crippen molar-refractivity contribution >= 4 is 17.3 Å². The number of hydrogen-bond acceptors (Lipinski definition) is 3. The van der Waals surface area contributed by atoms with Crippen molar-refractivity contribution in [1.82, 2.24) is 4.98 Å². The molecule has 1 fully saturated rings. The number of nitrogens with zero attached hydrogens (tertiary/aromatic N) is 1. The third-order valence-electron chi connectivity index (χ3n) is 2.83. The van der Waals surface area contributed by atoms with Crippen molar-refractivity contribution < 1.29 is 4.74 Å². The monoisotopic (exact) mass is 226 g/mol. The molecular weight excluding hydrogens is 212 g/mol. The molecule has 2 heterocycles. The van der Waals surface area contributed by atoms with Crippen LogP contribution in [0, 0.1) is 5.92 Å². The molecule has 2 rings (SSSR count). The predicted molar refractivity (Wildman–Crippen MR) is 61.3 cm³/mol. The van der Waals surface area contributed by atoms with Crippen molar-refractivity contribution in [2.24, 2.45) is 5.92 Å². The van der Waals surface area contributed by atoms with E-state index in [1.165, 1.54) is 0 Å². The van der Waals surface area contributed by atoms with E-state index in [0.29, 0.717) is 17.0 Å². The Morgan fingerprint density at radius 2 is 2.53 bits per heavy atom. The van der Waals surface area contributed by atoms with Crippen molar-refractivity contribution in [3.8, 4) is 0 Å². The Hall–Kier alpha value is -0.800. The van der Waals surface area contributed by atoms with Crippen LogP contribution >= 0.6 is 11.6 Å². The van der Waals surface area contributed by atoms with Crippen molar-refractivity contribution in [3.05, 3.63) is 23.5 Å². The van der Waals surface area contributed by atoms with E-state index in [9.17, 15) is 0 Å². The molecule has 1 aromatic heterocycles. The summed E-state index contributed by atoms with van der Waals surface area (Å²) in [7, 11) is 0. The highest BCUT2D eigenvalue weighted by Crippen LogP contribution is 2.24. The zero-order valence-electron chi connectivity index (χ0n) is 8.74. The molecule has 1 aromatic rings. The first-order valence-corrected chi connectivity index (χ1v) is 5.59. The van der Waals surface area contributed by atoms with Crippen LogP contribution in [0.4, 0.5) is 5.69 Å². The number of rotatable bonds is 3. The second-order valence-corrected chi connectivity index (χ2v) is 4.32. The molecular formula is C11H15ClN2O. The van der Waals surface area contributed by atoms with E-state index in [-0.39, 0.29) is 0 Å². The summed E-state index contributed by atoms with van der Waals surface area (Å²) in [4.78, 5) is 3.95. The lowest BCUT2D eigenvalue weighted by Crippen LogP contribution is -2.26. The lowest BCUT2D eigenvalue weighted by molar-refractivity contribution is 0.183. The fourth-order valence-corrected chi connectivity index (χ4v) is 1.98. The minimum Gasteiger partial charge on any atom is -0.381 e. The van der Waals surface area contributed by atoms with Gasteiger partial charge in [0.15, 0.2) is 0 Å². The van der Waals surface area contributed by atoms with E-state index < -0.39 is 0 Å². The van der Waals surface area contributed by atoms with Gasteiger partial charge in [-0.05, 0) is 19.4 Å². The zero-order valence-corrected chi connectivity index (χ0v) is 9.50. The van der Waals surface area contributed by atoms with Gasteiger partial charge < -0.3 is 10.1 Å². The van der Waals surface area contributed by atoms with Gasteiger partial charge in [-0.1, -0.05) is 11.6 Å². The minimum absolute atomic E-state index is 0.382. The normalized spacial score (nSPS) is 22.7. The third kappa shape index (κ3) is 2.61. The van der Waals surface area contributed by atoms with Gasteiger partial charge in [0.2, 0.25) is 0 Å². The number of anilines is 1. The molecule has 1 aliphatic heterocycles. The molecule has 82 valence electrons. The van der Waals surface area contributed by atoms with Gasteiger partial charge in [-0.25, -0.2) is 0 Å². The highest BCUT2D eigenvalue weighted by molar-refractivity contribution is 6.33. The molecule has 1 N–H and O–H groups in total. The minimum atomic E-state index is 0.382. The quantitative estimate of drug-likeness (QED) is 0.860. The Morgan fingerprint density at radius 3 is 3.20 bits per heavy atom. The van der Waals surface area contributed by atoms with Crippen LogP contribution in [-0.4, -0.2) is 24.2 Å². The van der Waals surface area contributed by atoms with Crippen molar-refractivity contribution in [2.45, 2.75) is 19.4 Å². The average Bonchev–Trinajstić information content (AvgIpc) is 2.74. The van der Waals surface area contributed by atoms with Gasteiger partial charge >= 0.3 is 0 Å². The summed E-state index contributed by atoms with van der Waals surface area (Å²) < 4.78 is 5.36. The maximum absolute atomic E-state index is 6.02. The van der Waals surface area contributed by atoms with E-state index >= 15 is 0 Å². The molecule has 3 nitrogen and oxygen atoms in total. The number of pyridine rings is 1. The number of aromatic nitrogens is 1. The van der Waals surface area contributed by atoms with Crippen LogP contribution in [0.1, 0.15) is 13.3 Å². The van der Waals surface area contributed by atoms with Crippen LogP contribution in [0.15, 0.2) is 18.5 Å². The third-order valence-corrected chi connectivity index (χ3v) is 3.13. The Bertz CT molecular complexity index is 326. The molecule has 1 aliphatic rings. The van der Waals surface area contributed by atoms with Crippen molar-refractivity contribution in [3.63, 3.8) is 0 Å². The molecule has 0 aliphatic carbocycles. The van der Waals surface area contributed by atoms with Gasteiger partial charge in [0.05, 0.1) is 17.3 Å². The first-order chi connectivity index (χ1) is 7.27. The van der Waals surface area contributed by atoms with Gasteiger partial charge in [0.1, 0.15) is 0 Å². The van der Waals surface area contributed by atoms with Gasteiger partial charge in [-0.15, -0.1) is 0 Å². The van der Waals surface area contributed by atoms with E-state index in [2.05, 4.69) is 17.2 Å². The highest BCUT2D eigenvalue weighted by atomic mass is 35.5. The van der Waals surface area contributed by atoms with Crippen molar-refractivity contribution in [2.75, 3.05) is 18.5 Å². The van der Waals surface area contributed by atoms with E-state index in [1.54, 1.807) is 12.4 Å². The molecule has 0 aromatic carbocycles. The molecule has 0 amide bonds. The zero-order chi connectivity index (χ0) is 10.7. The highest BCUT2D eigenvalue weighted by Gasteiger charge is 2.22. The topological polar surface area (TPSA) is 34.2 Å². The maximum atomic E-state index is 6.02. The number of hydrogen-bond donors (Lipinski definition) is 1. The predicted octanol–water partition coefficient (Wildman–Crippen LogP) is 2.57. The first-order valence-electron chi connectivity index (χ1n) is 5.21. The molecule has 0 spiro atoms. The number of ether oxygens (including phenoxy) is 1. The van der Waals surface area contributed by atoms with Crippen LogP contribution in [-0.2, 0) is 4.74 Å². The largest absolute Gasteiger partial charge is 0.381 e. The summed E-state index contributed by atoms with van der Waals surface area (Å²) in [6.07, 6.45) is 4.52. The van der Waals surface area contributed by atoms with Crippen LogP contribution in [0.25, 0.3) is 0 Å². The summed E-state index contributed by atoms with van der Waals surface area (Å²) in [5.41, 5.74) is 0.950. The molecule has 0 saturated carbocycles. The average molecular weight is 227 g/mol. The fourth-order valence-electron chi connectivity index (χ4n) is 1.80. The standard InChI is InChI=1S/C11H15ClN2O/c1-8(9-3-5-15-7-9)14-11-2-4-13-6-10(11)12/h2,4,6,8-9H,3,5,7H2,1H3,(H,13,14). The van der Waals surface area contributed by atoms with E-state index in [0.717, 1.165) is 25.3 Å². The fraction of sp³-hybridized carbons (Fsp3) is 0.545. The molecule has 1 saturated heterocycles. The van der Waals surface area contributed by atoms with Gasteiger partial charge in [0.25, 0.3) is 0 Å². The van der Waals surface area contributed by atoms with Crippen LogP contribution < -0.4 is 5.32 Å². The Labute approximate surface area is 94.8 Å². The van der Waals surface area contributed by atoms with Gasteiger partial charge in [-0.2, -0.15) is 0 Å². The molecule has 2 atom stereocenters. The molecule has 0 bridgehead atoms. The Balaban J connectivity index is 1.99. The second kappa shape index (κ2) is 4.81. The molecule has 0 radical (unpaired) electrons. The summed E-state index contributed by atoms with van der Waals surface area (Å²) >= 11 is 6.02. The summed E-state index contributed by atoms with van der Waals surface area (Å²) in [6, 6.07) is 2.28. The summed E-state index contributed by atoms with van der Waals surface area (Å²) in [6.45, 7) is 3.88. The summed E-state index contributed by atoms with van der Waals surface area (Å²) in [5, 5.41) is 4.07. The van der Waals surface area contributed by atoms with Gasteiger partial charge in [-0.3, -0.25) is 4.98 Å². The van der Waals surface area contributed by atoms with Crippen molar-refractivity contribution in [1.29, 1.82) is 0 Å². The van der Waals surface area contributed by atoms with E-state index in [1.807, 2.05) is 6.07 Å². The van der Waals surface area contributed by atoms with E-state index in [4.69, 9.17) is 16.3 Å². The lowest BCUT2D eigenvalue weighted by atomic mass is 10.0. The van der Waals surface area contributed by atoms with Gasteiger partial charge in [0, 0.05) is 31.0 Å². The molecule has 15 heavy (non-hydrogen) atoms. The van der Waals surface area contributed by atoms with Crippen LogP contribution in [0.3, 0.4) is 0 Å². The molecule has 2 unspecified atom stereocenters. The molecule has 4 heteroatoms. The smallest absolute Gasteiger partial charge is 0.0820 e. The Kier molecular flexibility index (Phi) is 3.44. The maximum Gasteiger partial charge on any atom is 0.0820 e. The SMILES string of the molecule is CC(Nc1ccncc1Cl)C1CCOC1.